The molecule has 12 atom stereocenters. The van der Waals surface area contributed by atoms with Gasteiger partial charge < -0.3 is 58.7 Å². The zero-order valence-corrected chi connectivity index (χ0v) is 31.8. The van der Waals surface area contributed by atoms with Crippen LogP contribution in [0.5, 0.6) is 17.2 Å². The topological polar surface area (TPSA) is 234 Å². The third-order valence-electron chi connectivity index (χ3n) is 11.8. The van der Waals surface area contributed by atoms with Crippen LogP contribution in [0.4, 0.5) is 0 Å². The molecule has 0 bridgehead atoms. The zero-order chi connectivity index (χ0) is 40.4. The highest BCUT2D eigenvalue weighted by Gasteiger charge is 2.53. The molecule has 3 saturated heterocycles. The van der Waals surface area contributed by atoms with Crippen molar-refractivity contribution < 1.29 is 77.9 Å². The number of phenolic OH excluding ortho intramolecular Hbond substituents is 3. The van der Waals surface area contributed by atoms with E-state index in [0.717, 1.165) is 19.2 Å². The van der Waals surface area contributed by atoms with Crippen LogP contribution in [0.15, 0.2) is 18.2 Å². The number of ether oxygens (including phenoxy) is 7. The summed E-state index contributed by atoms with van der Waals surface area (Å²) in [4.78, 5) is 52.8. The minimum atomic E-state index is -1.78. The molecule has 0 radical (unpaired) electrons. The molecule has 56 heavy (non-hydrogen) atoms. The smallest absolute Gasteiger partial charge is 0.316 e. The van der Waals surface area contributed by atoms with Crippen LogP contribution in [0.25, 0.3) is 0 Å². The van der Waals surface area contributed by atoms with Crippen molar-refractivity contribution in [2.24, 2.45) is 0 Å². The van der Waals surface area contributed by atoms with Gasteiger partial charge >= 0.3 is 5.97 Å². The summed E-state index contributed by atoms with van der Waals surface area (Å²) in [5.74, 6) is -5.83. The van der Waals surface area contributed by atoms with E-state index in [1.165, 1.54) is 6.07 Å². The van der Waals surface area contributed by atoms with Crippen LogP contribution in [0, 0.1) is 0 Å². The summed E-state index contributed by atoms with van der Waals surface area (Å²) in [5, 5.41) is 55.9. The number of hydrogen-bond donors (Lipinski definition) is 5. The van der Waals surface area contributed by atoms with Crippen LogP contribution in [0.1, 0.15) is 128 Å². The Balaban J connectivity index is 1.09. The van der Waals surface area contributed by atoms with Gasteiger partial charge in [0.05, 0.1) is 59.9 Å². The maximum atomic E-state index is 13.8. The van der Waals surface area contributed by atoms with Crippen molar-refractivity contribution in [1.82, 2.24) is 0 Å². The van der Waals surface area contributed by atoms with E-state index in [9.17, 15) is 44.7 Å². The number of carbonyl (C=O) groups excluding carboxylic acids is 4. The number of aromatic hydroxyl groups is 3. The first-order valence-corrected chi connectivity index (χ1v) is 19.0. The van der Waals surface area contributed by atoms with Gasteiger partial charge in [-0.25, -0.2) is 0 Å². The summed E-state index contributed by atoms with van der Waals surface area (Å²) in [7, 11) is 1.14. The van der Waals surface area contributed by atoms with E-state index in [-0.39, 0.29) is 48.2 Å². The van der Waals surface area contributed by atoms with Crippen molar-refractivity contribution in [3.8, 4) is 17.2 Å². The van der Waals surface area contributed by atoms with Crippen molar-refractivity contribution in [3.63, 3.8) is 0 Å². The molecule has 0 amide bonds. The van der Waals surface area contributed by atoms with Crippen LogP contribution in [0.3, 0.4) is 0 Å². The fraction of sp³-hybridized carbons (Fsp3) is 0.600. The predicted molar refractivity (Wildman–Crippen MR) is 190 cm³/mol. The quantitative estimate of drug-likeness (QED) is 0.163. The van der Waals surface area contributed by atoms with Crippen molar-refractivity contribution in [2.75, 3.05) is 7.11 Å². The van der Waals surface area contributed by atoms with Crippen LogP contribution in [0.2, 0.25) is 0 Å². The minimum Gasteiger partial charge on any atom is -0.507 e. The van der Waals surface area contributed by atoms with E-state index >= 15 is 0 Å². The first kappa shape index (κ1) is 40.2. The van der Waals surface area contributed by atoms with Gasteiger partial charge in [0.1, 0.15) is 35.4 Å². The number of hydrogen-bond acceptors (Lipinski definition) is 16. The molecule has 16 heteroatoms. The number of ketones is 3. The van der Waals surface area contributed by atoms with Gasteiger partial charge in [0.25, 0.3) is 0 Å². The number of methoxy groups -OCH3 is 1. The fourth-order valence-electron chi connectivity index (χ4n) is 8.75. The number of aliphatic hydroxyl groups excluding tert-OH is 1. The van der Waals surface area contributed by atoms with Crippen molar-refractivity contribution >= 4 is 23.3 Å². The summed E-state index contributed by atoms with van der Waals surface area (Å²) in [6, 6.07) is 3.37. The molecule has 3 fully saturated rings. The van der Waals surface area contributed by atoms with E-state index in [4.69, 9.17) is 33.2 Å². The first-order chi connectivity index (χ1) is 26.6. The number of phenols is 3. The van der Waals surface area contributed by atoms with Crippen LogP contribution < -0.4 is 0 Å². The second-order valence-electron chi connectivity index (χ2n) is 15.3. The maximum absolute atomic E-state index is 13.8. The summed E-state index contributed by atoms with van der Waals surface area (Å²) in [6.07, 6.45) is -5.95. The van der Waals surface area contributed by atoms with Crippen molar-refractivity contribution in [1.29, 1.82) is 0 Å². The lowest BCUT2D eigenvalue weighted by molar-refractivity contribution is -0.317. The molecule has 2 aliphatic carbocycles. The van der Waals surface area contributed by atoms with Gasteiger partial charge in [-0.1, -0.05) is 6.92 Å². The molecule has 0 spiro atoms. The molecular weight excluding hydrogens is 736 g/mol. The van der Waals surface area contributed by atoms with Crippen LogP contribution >= 0.6 is 0 Å². The molecule has 9 unspecified atom stereocenters. The third kappa shape index (κ3) is 7.00. The first-order valence-electron chi connectivity index (χ1n) is 19.0. The predicted octanol–water partition coefficient (Wildman–Crippen LogP) is 3.32. The third-order valence-corrected chi connectivity index (χ3v) is 11.8. The molecule has 3 aliphatic heterocycles. The van der Waals surface area contributed by atoms with Crippen molar-refractivity contribution in [2.45, 2.75) is 146 Å². The summed E-state index contributed by atoms with van der Waals surface area (Å²) in [6.45, 7) is 6.87. The van der Waals surface area contributed by atoms with Gasteiger partial charge in [-0.3, -0.25) is 19.2 Å². The number of Topliss-reactive ketones (excluding diaryl/α,β-unsaturated/α-hetero) is 1. The molecule has 2 aromatic rings. The monoisotopic (exact) mass is 784 g/mol. The van der Waals surface area contributed by atoms with Crippen molar-refractivity contribution in [3.05, 3.63) is 51.6 Å². The molecule has 304 valence electrons. The lowest BCUT2D eigenvalue weighted by Crippen LogP contribution is -2.53. The molecule has 0 saturated carbocycles. The van der Waals surface area contributed by atoms with Gasteiger partial charge in [-0.2, -0.15) is 0 Å². The number of benzene rings is 2. The highest BCUT2D eigenvalue weighted by atomic mass is 16.7. The second kappa shape index (κ2) is 15.4. The highest BCUT2D eigenvalue weighted by Crippen LogP contribution is 2.54. The average Bonchev–Trinajstić information content (AvgIpc) is 3.15. The SMILES string of the molecule is CC[C@@]1(O)C[C@H](OC2CCC(OC3CC(O)C(OC4CCC(=O)C(C)O4)C(C)O3)C(C)O2)c2c(cc3c(c2O)C(=O)c2c(O)ccc(O)c2C3=O)[C@H]1C(=O)OC. The van der Waals surface area contributed by atoms with Gasteiger partial charge in [0, 0.05) is 43.2 Å². The van der Waals surface area contributed by atoms with Crippen LogP contribution in [-0.4, -0.2) is 117 Å². The molecular formula is C40H48O16. The Morgan fingerprint density at radius 2 is 1.52 bits per heavy atom. The summed E-state index contributed by atoms with van der Waals surface area (Å²) in [5.41, 5.74) is -3.50. The molecule has 7 rings (SSSR count). The Morgan fingerprint density at radius 1 is 0.857 bits per heavy atom. The lowest BCUT2D eigenvalue weighted by atomic mass is 9.67. The average molecular weight is 785 g/mol. The fourth-order valence-corrected chi connectivity index (χ4v) is 8.75. The van der Waals surface area contributed by atoms with E-state index in [1.807, 2.05) is 0 Å². The highest BCUT2D eigenvalue weighted by molar-refractivity contribution is 6.31. The molecule has 3 heterocycles. The van der Waals surface area contributed by atoms with Gasteiger partial charge in [-0.15, -0.1) is 0 Å². The van der Waals surface area contributed by atoms with Crippen LogP contribution in [-0.2, 0) is 42.7 Å². The van der Waals surface area contributed by atoms with Gasteiger partial charge in [0.2, 0.25) is 5.78 Å². The Hall–Kier alpha value is -4.00. The summed E-state index contributed by atoms with van der Waals surface area (Å²) >= 11 is 0. The number of carbonyl (C=O) groups is 4. The zero-order valence-electron chi connectivity index (χ0n) is 31.8. The number of aliphatic hydroxyl groups is 2. The lowest BCUT2D eigenvalue weighted by Gasteiger charge is -2.45. The Labute approximate surface area is 322 Å². The molecule has 16 nitrogen and oxygen atoms in total. The van der Waals surface area contributed by atoms with Gasteiger partial charge in [0.15, 0.2) is 30.4 Å². The number of fused-ring (bicyclic) bond motifs is 3. The normalized spacial score (nSPS) is 35.7. The maximum Gasteiger partial charge on any atom is 0.316 e. The van der Waals surface area contributed by atoms with E-state index < -0.39 is 125 Å². The largest absolute Gasteiger partial charge is 0.507 e. The number of rotatable bonds is 8. The van der Waals surface area contributed by atoms with E-state index in [2.05, 4.69) is 0 Å². The molecule has 0 aromatic heterocycles. The molecule has 2 aromatic carbocycles. The Bertz CT molecular complexity index is 1900. The Kier molecular flexibility index (Phi) is 11.1. The second-order valence-corrected chi connectivity index (χ2v) is 15.3. The van der Waals surface area contributed by atoms with Gasteiger partial charge in [-0.05, 0) is 57.4 Å². The minimum absolute atomic E-state index is 0.00305. The summed E-state index contributed by atoms with van der Waals surface area (Å²) < 4.78 is 41.8. The van der Waals surface area contributed by atoms with E-state index in [0.29, 0.717) is 19.3 Å². The molecule has 5 aliphatic rings. The Morgan fingerprint density at radius 3 is 2.14 bits per heavy atom. The van der Waals surface area contributed by atoms with E-state index in [1.54, 1.807) is 27.7 Å². The number of esters is 1. The molecule has 5 N–H and O–H groups in total. The standard InChI is InChI=1S/C40H48O16/c1-6-40(49)15-26(30-19(34(40)39(48)50-5)13-20-31(36(30)46)37(47)33-23(43)8-7-22(42)32(33)35(20)45)55-27-12-10-25(17(3)52-27)54-29-14-24(44)38(18(4)53-29)56-28-11-9-21(41)16(2)51-28/h7-8,13,16-18,24-29,34,38,42-44,46,49H,6,9-12,14-15H2,1-5H3/t16?,17?,18?,24?,25?,26-,27?,28?,29?,34-,38?,40+/m0/s1.